The molecule has 2 fully saturated rings. The number of aromatic nitrogens is 2. The Morgan fingerprint density at radius 3 is 2.50 bits per heavy atom. The van der Waals surface area contributed by atoms with Gasteiger partial charge in [-0.25, -0.2) is 0 Å². The van der Waals surface area contributed by atoms with E-state index in [0.29, 0.717) is 19.0 Å². The molecule has 1 aromatic heterocycles. The van der Waals surface area contributed by atoms with Crippen LogP contribution in [-0.2, 0) is 0 Å². The van der Waals surface area contributed by atoms with Crippen molar-refractivity contribution in [3.63, 3.8) is 0 Å². The summed E-state index contributed by atoms with van der Waals surface area (Å²) in [6, 6.07) is 4.07. The number of aliphatic hydroxyl groups is 1. The smallest absolute Gasteiger partial charge is 0.151 e. The average molecular weight is 191 g/mol. The standard InChI is InChI=1S/C10H13N3O/c14-8-5-13(6-8)10-4-3-9(11-12-10)7-1-2-7/h3-4,7-8,14H,1-2,5-6H2. The third kappa shape index (κ3) is 1.35. The normalized spacial score (nSPS) is 22.2. The summed E-state index contributed by atoms with van der Waals surface area (Å²) < 4.78 is 0. The van der Waals surface area contributed by atoms with E-state index in [-0.39, 0.29) is 6.10 Å². The zero-order valence-electron chi connectivity index (χ0n) is 7.93. The molecule has 2 aliphatic rings. The minimum Gasteiger partial charge on any atom is -0.389 e. The number of hydrogen-bond donors (Lipinski definition) is 1. The van der Waals surface area contributed by atoms with Crippen molar-refractivity contribution in [3.05, 3.63) is 17.8 Å². The lowest BCUT2D eigenvalue weighted by Gasteiger charge is -2.36. The van der Waals surface area contributed by atoms with Crippen LogP contribution in [0.3, 0.4) is 0 Å². The molecular weight excluding hydrogens is 178 g/mol. The van der Waals surface area contributed by atoms with Crippen molar-refractivity contribution in [2.45, 2.75) is 24.9 Å². The molecule has 0 atom stereocenters. The first-order valence-electron chi connectivity index (χ1n) is 5.09. The topological polar surface area (TPSA) is 49.2 Å². The Kier molecular flexibility index (Phi) is 1.70. The Morgan fingerprint density at radius 2 is 2.00 bits per heavy atom. The monoisotopic (exact) mass is 191 g/mol. The molecule has 0 radical (unpaired) electrons. The molecule has 0 aromatic carbocycles. The van der Waals surface area contributed by atoms with E-state index in [1.807, 2.05) is 11.0 Å². The Balaban J connectivity index is 1.73. The van der Waals surface area contributed by atoms with Crippen molar-refractivity contribution in [2.75, 3.05) is 18.0 Å². The fraction of sp³-hybridized carbons (Fsp3) is 0.600. The van der Waals surface area contributed by atoms with Gasteiger partial charge < -0.3 is 10.0 Å². The van der Waals surface area contributed by atoms with Gasteiger partial charge in [0.2, 0.25) is 0 Å². The van der Waals surface area contributed by atoms with Crippen molar-refractivity contribution < 1.29 is 5.11 Å². The molecule has 1 saturated heterocycles. The van der Waals surface area contributed by atoms with Gasteiger partial charge in [-0.3, -0.25) is 0 Å². The summed E-state index contributed by atoms with van der Waals surface area (Å²) in [5.41, 5.74) is 1.12. The molecule has 1 aliphatic heterocycles. The highest BCUT2D eigenvalue weighted by Crippen LogP contribution is 2.38. The molecule has 2 heterocycles. The summed E-state index contributed by atoms with van der Waals surface area (Å²) in [7, 11) is 0. The predicted molar refractivity (Wildman–Crippen MR) is 52.2 cm³/mol. The second kappa shape index (κ2) is 2.92. The van der Waals surface area contributed by atoms with E-state index in [9.17, 15) is 0 Å². The van der Waals surface area contributed by atoms with Crippen LogP contribution in [0.2, 0.25) is 0 Å². The van der Waals surface area contributed by atoms with Gasteiger partial charge in [0, 0.05) is 19.0 Å². The summed E-state index contributed by atoms with van der Waals surface area (Å²) in [5.74, 6) is 1.55. The van der Waals surface area contributed by atoms with Crippen LogP contribution in [-0.4, -0.2) is 34.5 Å². The number of aliphatic hydroxyl groups excluding tert-OH is 1. The molecule has 74 valence electrons. The Hall–Kier alpha value is -1.16. The first-order valence-corrected chi connectivity index (χ1v) is 5.09. The van der Waals surface area contributed by atoms with E-state index in [1.165, 1.54) is 12.8 Å². The van der Waals surface area contributed by atoms with E-state index in [1.54, 1.807) is 0 Å². The van der Waals surface area contributed by atoms with Crippen LogP contribution in [0, 0.1) is 0 Å². The summed E-state index contributed by atoms with van der Waals surface area (Å²) in [4.78, 5) is 2.04. The number of rotatable bonds is 2. The van der Waals surface area contributed by atoms with Crippen LogP contribution in [0.1, 0.15) is 24.5 Å². The number of anilines is 1. The van der Waals surface area contributed by atoms with Gasteiger partial charge >= 0.3 is 0 Å². The van der Waals surface area contributed by atoms with Gasteiger partial charge in [-0.1, -0.05) is 0 Å². The highest BCUT2D eigenvalue weighted by molar-refractivity contribution is 5.41. The third-order valence-electron chi connectivity index (χ3n) is 2.85. The van der Waals surface area contributed by atoms with E-state index in [0.717, 1.165) is 11.5 Å². The first-order chi connectivity index (χ1) is 6.83. The molecule has 0 amide bonds. The van der Waals surface area contributed by atoms with Crippen LogP contribution in [0.15, 0.2) is 12.1 Å². The highest BCUT2D eigenvalue weighted by atomic mass is 16.3. The van der Waals surface area contributed by atoms with Crippen molar-refractivity contribution in [3.8, 4) is 0 Å². The van der Waals surface area contributed by atoms with Gasteiger partial charge in [0.05, 0.1) is 11.8 Å². The molecule has 1 aliphatic carbocycles. The molecule has 1 N–H and O–H groups in total. The zero-order chi connectivity index (χ0) is 9.54. The lowest BCUT2D eigenvalue weighted by Crippen LogP contribution is -2.51. The maximum atomic E-state index is 9.14. The number of nitrogens with zero attached hydrogens (tertiary/aromatic N) is 3. The van der Waals surface area contributed by atoms with E-state index < -0.39 is 0 Å². The molecule has 14 heavy (non-hydrogen) atoms. The van der Waals surface area contributed by atoms with Gasteiger partial charge in [-0.2, -0.15) is 5.10 Å². The van der Waals surface area contributed by atoms with E-state index in [4.69, 9.17) is 5.11 Å². The van der Waals surface area contributed by atoms with Crippen LogP contribution >= 0.6 is 0 Å². The fourth-order valence-corrected chi connectivity index (χ4v) is 1.74. The lowest BCUT2D eigenvalue weighted by molar-refractivity contribution is 0.141. The summed E-state index contributed by atoms with van der Waals surface area (Å²) in [5, 5.41) is 17.5. The maximum absolute atomic E-state index is 9.14. The van der Waals surface area contributed by atoms with Gasteiger partial charge in [-0.05, 0) is 25.0 Å². The minimum absolute atomic E-state index is 0.181. The minimum atomic E-state index is -0.181. The quantitative estimate of drug-likeness (QED) is 0.741. The molecule has 3 rings (SSSR count). The summed E-state index contributed by atoms with van der Waals surface area (Å²) in [6.07, 6.45) is 2.34. The zero-order valence-corrected chi connectivity index (χ0v) is 7.93. The Bertz CT molecular complexity index is 328. The highest BCUT2D eigenvalue weighted by Gasteiger charge is 2.28. The van der Waals surface area contributed by atoms with Crippen molar-refractivity contribution in [1.29, 1.82) is 0 Å². The van der Waals surface area contributed by atoms with Crippen LogP contribution in [0.25, 0.3) is 0 Å². The van der Waals surface area contributed by atoms with Crippen molar-refractivity contribution in [1.82, 2.24) is 10.2 Å². The molecule has 0 spiro atoms. The van der Waals surface area contributed by atoms with Crippen molar-refractivity contribution in [2.24, 2.45) is 0 Å². The Morgan fingerprint density at radius 1 is 1.21 bits per heavy atom. The molecule has 1 aromatic rings. The molecule has 0 bridgehead atoms. The van der Waals surface area contributed by atoms with E-state index in [2.05, 4.69) is 16.3 Å². The second-order valence-electron chi connectivity index (χ2n) is 4.15. The first kappa shape index (κ1) is 8.17. The largest absolute Gasteiger partial charge is 0.389 e. The molecule has 4 nitrogen and oxygen atoms in total. The SMILES string of the molecule is OC1CN(c2ccc(C3CC3)nn2)C1. The summed E-state index contributed by atoms with van der Waals surface area (Å²) >= 11 is 0. The lowest BCUT2D eigenvalue weighted by atomic mass is 10.2. The van der Waals surface area contributed by atoms with Crippen molar-refractivity contribution >= 4 is 5.82 Å². The summed E-state index contributed by atoms with van der Waals surface area (Å²) in [6.45, 7) is 1.38. The molecular formula is C10H13N3O. The van der Waals surface area contributed by atoms with Crippen LogP contribution < -0.4 is 4.90 Å². The van der Waals surface area contributed by atoms with Gasteiger partial charge in [0.25, 0.3) is 0 Å². The number of hydrogen-bond acceptors (Lipinski definition) is 4. The van der Waals surface area contributed by atoms with Crippen LogP contribution in [0.5, 0.6) is 0 Å². The van der Waals surface area contributed by atoms with Gasteiger partial charge in [0.15, 0.2) is 5.82 Å². The molecule has 1 saturated carbocycles. The van der Waals surface area contributed by atoms with Crippen LogP contribution in [0.4, 0.5) is 5.82 Å². The van der Waals surface area contributed by atoms with Gasteiger partial charge in [0.1, 0.15) is 0 Å². The molecule has 0 unspecified atom stereocenters. The second-order valence-corrected chi connectivity index (χ2v) is 4.15. The number of β-amino-alcohol motifs (C(OH)–C–C–N with tert-alkyl or cyclic N) is 1. The predicted octanol–water partition coefficient (Wildman–Crippen LogP) is 0.535. The molecule has 4 heteroatoms. The van der Waals surface area contributed by atoms with Gasteiger partial charge in [-0.15, -0.1) is 5.10 Å². The maximum Gasteiger partial charge on any atom is 0.151 e. The third-order valence-corrected chi connectivity index (χ3v) is 2.85. The fourth-order valence-electron chi connectivity index (χ4n) is 1.74. The average Bonchev–Trinajstić information content (AvgIpc) is 2.97. The Labute approximate surface area is 82.6 Å². The van der Waals surface area contributed by atoms with E-state index >= 15 is 0 Å².